The average molecular weight is 402 g/mol. The number of methoxy groups -OCH3 is 1. The van der Waals surface area contributed by atoms with E-state index in [1.54, 1.807) is 12.1 Å². The SMILES string of the molecule is COc1cc(F)ccc1CNc1cc(N)c2cc(NCc3ccccc3)ccc2n1. The molecule has 0 unspecified atom stereocenters. The number of rotatable bonds is 7. The summed E-state index contributed by atoms with van der Waals surface area (Å²) in [4.78, 5) is 4.65. The van der Waals surface area contributed by atoms with Crippen molar-refractivity contribution in [1.29, 1.82) is 0 Å². The second-order valence-electron chi connectivity index (χ2n) is 6.98. The Hall–Kier alpha value is -3.80. The van der Waals surface area contributed by atoms with E-state index in [9.17, 15) is 4.39 Å². The van der Waals surface area contributed by atoms with E-state index in [1.807, 2.05) is 36.4 Å². The number of pyridine rings is 1. The maximum atomic E-state index is 13.4. The first-order valence-corrected chi connectivity index (χ1v) is 9.67. The first kappa shape index (κ1) is 19.5. The molecule has 0 amide bonds. The van der Waals surface area contributed by atoms with Crippen molar-refractivity contribution >= 4 is 28.1 Å². The fourth-order valence-corrected chi connectivity index (χ4v) is 3.30. The molecule has 1 aromatic heterocycles. The molecule has 4 aromatic rings. The number of fused-ring (bicyclic) bond motifs is 1. The third-order valence-electron chi connectivity index (χ3n) is 4.89. The molecule has 0 bridgehead atoms. The molecule has 0 radical (unpaired) electrons. The fourth-order valence-electron chi connectivity index (χ4n) is 3.30. The molecule has 0 aliphatic rings. The summed E-state index contributed by atoms with van der Waals surface area (Å²) in [7, 11) is 1.52. The lowest BCUT2D eigenvalue weighted by atomic mass is 10.1. The lowest BCUT2D eigenvalue weighted by Crippen LogP contribution is -2.05. The molecule has 5 nitrogen and oxygen atoms in total. The Balaban J connectivity index is 1.50. The van der Waals surface area contributed by atoms with E-state index in [2.05, 4.69) is 27.8 Å². The van der Waals surface area contributed by atoms with Crippen LogP contribution in [0.3, 0.4) is 0 Å². The smallest absolute Gasteiger partial charge is 0.128 e. The van der Waals surface area contributed by atoms with Crippen LogP contribution >= 0.6 is 0 Å². The van der Waals surface area contributed by atoms with Crippen LogP contribution in [0.25, 0.3) is 10.9 Å². The van der Waals surface area contributed by atoms with Crippen molar-refractivity contribution in [2.75, 3.05) is 23.5 Å². The largest absolute Gasteiger partial charge is 0.496 e. The topological polar surface area (TPSA) is 72.2 Å². The van der Waals surface area contributed by atoms with Crippen LogP contribution in [0.5, 0.6) is 5.75 Å². The van der Waals surface area contributed by atoms with E-state index >= 15 is 0 Å². The summed E-state index contributed by atoms with van der Waals surface area (Å²) in [5, 5.41) is 7.54. The Kier molecular flexibility index (Phi) is 5.66. The van der Waals surface area contributed by atoms with Crippen LogP contribution in [-0.4, -0.2) is 12.1 Å². The summed E-state index contributed by atoms with van der Waals surface area (Å²) in [6.07, 6.45) is 0. The fraction of sp³-hybridized carbons (Fsp3) is 0.125. The van der Waals surface area contributed by atoms with Gasteiger partial charge in [-0.1, -0.05) is 36.4 Å². The number of anilines is 3. The molecule has 30 heavy (non-hydrogen) atoms. The van der Waals surface area contributed by atoms with Crippen molar-refractivity contribution in [3.63, 3.8) is 0 Å². The number of nitrogens with zero attached hydrogens (tertiary/aromatic N) is 1. The summed E-state index contributed by atoms with van der Waals surface area (Å²) in [5.74, 6) is 0.808. The molecular formula is C24H23FN4O. The summed E-state index contributed by atoms with van der Waals surface area (Å²) in [5.41, 5.74) is 10.8. The van der Waals surface area contributed by atoms with Crippen molar-refractivity contribution in [1.82, 2.24) is 4.98 Å². The molecule has 0 aliphatic heterocycles. The quantitative estimate of drug-likeness (QED) is 0.397. The number of nitrogen functional groups attached to an aromatic ring is 1. The Labute approximate surface area is 174 Å². The second-order valence-corrected chi connectivity index (χ2v) is 6.98. The Morgan fingerprint density at radius 3 is 2.57 bits per heavy atom. The normalized spacial score (nSPS) is 10.7. The highest BCUT2D eigenvalue weighted by atomic mass is 19.1. The van der Waals surface area contributed by atoms with Crippen molar-refractivity contribution in [2.24, 2.45) is 0 Å². The van der Waals surface area contributed by atoms with E-state index in [1.165, 1.54) is 24.8 Å². The molecule has 0 saturated heterocycles. The van der Waals surface area contributed by atoms with Crippen LogP contribution in [0, 0.1) is 5.82 Å². The predicted octanol–water partition coefficient (Wildman–Crippen LogP) is 5.19. The van der Waals surface area contributed by atoms with Crippen molar-refractivity contribution in [3.8, 4) is 5.75 Å². The molecule has 0 spiro atoms. The number of halogens is 1. The molecule has 0 aliphatic carbocycles. The van der Waals surface area contributed by atoms with Crippen LogP contribution in [0.2, 0.25) is 0 Å². The number of benzene rings is 3. The minimum absolute atomic E-state index is 0.333. The summed E-state index contributed by atoms with van der Waals surface area (Å²) in [6, 6.07) is 22.4. The molecule has 0 fully saturated rings. The Morgan fingerprint density at radius 2 is 1.77 bits per heavy atom. The zero-order chi connectivity index (χ0) is 20.9. The Bertz CT molecular complexity index is 1160. The first-order valence-electron chi connectivity index (χ1n) is 9.67. The lowest BCUT2D eigenvalue weighted by Gasteiger charge is -2.13. The Morgan fingerprint density at radius 1 is 0.933 bits per heavy atom. The summed E-state index contributed by atoms with van der Waals surface area (Å²) in [6.45, 7) is 1.18. The van der Waals surface area contributed by atoms with Gasteiger partial charge in [-0.3, -0.25) is 0 Å². The van der Waals surface area contributed by atoms with Gasteiger partial charge in [0.05, 0.1) is 12.6 Å². The van der Waals surface area contributed by atoms with Gasteiger partial charge in [-0.05, 0) is 29.8 Å². The maximum Gasteiger partial charge on any atom is 0.128 e. The lowest BCUT2D eigenvalue weighted by molar-refractivity contribution is 0.406. The highest BCUT2D eigenvalue weighted by Gasteiger charge is 2.08. The summed E-state index contributed by atoms with van der Waals surface area (Å²) >= 11 is 0. The van der Waals surface area contributed by atoms with E-state index in [-0.39, 0.29) is 5.82 Å². The van der Waals surface area contributed by atoms with Gasteiger partial charge >= 0.3 is 0 Å². The monoisotopic (exact) mass is 402 g/mol. The molecule has 6 heteroatoms. The minimum atomic E-state index is -0.333. The van der Waals surface area contributed by atoms with E-state index < -0.39 is 0 Å². The van der Waals surface area contributed by atoms with E-state index in [0.717, 1.165) is 28.7 Å². The highest BCUT2D eigenvalue weighted by Crippen LogP contribution is 2.27. The first-order chi connectivity index (χ1) is 14.6. The summed E-state index contributed by atoms with van der Waals surface area (Å²) < 4.78 is 18.6. The van der Waals surface area contributed by atoms with Crippen LogP contribution in [0.15, 0.2) is 72.8 Å². The third-order valence-corrected chi connectivity index (χ3v) is 4.89. The number of nitrogens with one attached hydrogen (secondary N) is 2. The van der Waals surface area contributed by atoms with Crippen LogP contribution in [0.1, 0.15) is 11.1 Å². The van der Waals surface area contributed by atoms with Gasteiger partial charge in [0, 0.05) is 47.5 Å². The second kappa shape index (κ2) is 8.69. The van der Waals surface area contributed by atoms with Crippen molar-refractivity contribution in [3.05, 3.63) is 89.7 Å². The molecular weight excluding hydrogens is 379 g/mol. The van der Waals surface area contributed by atoms with Gasteiger partial charge in [0.1, 0.15) is 17.4 Å². The standard InChI is InChI=1S/C24H23FN4O/c1-30-23-11-18(25)8-7-17(23)15-28-24-13-21(26)20-12-19(9-10-22(20)29-24)27-14-16-5-3-2-4-6-16/h2-13,27H,14-15H2,1H3,(H3,26,28,29). The zero-order valence-electron chi connectivity index (χ0n) is 16.7. The van der Waals surface area contributed by atoms with Crippen LogP contribution in [-0.2, 0) is 13.1 Å². The number of nitrogens with two attached hydrogens (primary N) is 1. The molecule has 0 atom stereocenters. The van der Waals surface area contributed by atoms with Gasteiger partial charge in [-0.25, -0.2) is 9.37 Å². The molecule has 0 saturated carbocycles. The number of hydrogen-bond donors (Lipinski definition) is 3. The number of ether oxygens (including phenoxy) is 1. The molecule has 3 aromatic carbocycles. The molecule has 152 valence electrons. The third kappa shape index (κ3) is 4.43. The van der Waals surface area contributed by atoms with Gasteiger partial charge in [-0.2, -0.15) is 0 Å². The van der Waals surface area contributed by atoms with E-state index in [4.69, 9.17) is 10.5 Å². The van der Waals surface area contributed by atoms with Crippen molar-refractivity contribution in [2.45, 2.75) is 13.1 Å². The van der Waals surface area contributed by atoms with Gasteiger partial charge in [0.2, 0.25) is 0 Å². The van der Waals surface area contributed by atoms with Gasteiger partial charge in [0.25, 0.3) is 0 Å². The predicted molar refractivity (Wildman–Crippen MR) is 120 cm³/mol. The zero-order valence-corrected chi connectivity index (χ0v) is 16.7. The minimum Gasteiger partial charge on any atom is -0.496 e. The maximum absolute atomic E-state index is 13.4. The van der Waals surface area contributed by atoms with E-state index in [0.29, 0.717) is 23.8 Å². The average Bonchev–Trinajstić information content (AvgIpc) is 2.77. The molecule has 1 heterocycles. The van der Waals surface area contributed by atoms with Gasteiger partial charge in [-0.15, -0.1) is 0 Å². The van der Waals surface area contributed by atoms with Gasteiger partial charge < -0.3 is 21.1 Å². The molecule has 4 rings (SSSR count). The molecule has 4 N–H and O–H groups in total. The van der Waals surface area contributed by atoms with Crippen molar-refractivity contribution < 1.29 is 9.13 Å². The van der Waals surface area contributed by atoms with Crippen LogP contribution in [0.4, 0.5) is 21.6 Å². The highest BCUT2D eigenvalue weighted by molar-refractivity contribution is 5.94. The number of hydrogen-bond acceptors (Lipinski definition) is 5. The van der Waals surface area contributed by atoms with Gasteiger partial charge in [0.15, 0.2) is 0 Å². The van der Waals surface area contributed by atoms with Crippen LogP contribution < -0.4 is 21.1 Å². The number of aromatic nitrogens is 1.